The number of anilines is 2. The van der Waals surface area contributed by atoms with Gasteiger partial charge in [0.25, 0.3) is 10.0 Å². The highest BCUT2D eigenvalue weighted by Gasteiger charge is 2.18. The van der Waals surface area contributed by atoms with E-state index in [1.165, 1.54) is 0 Å². The SMILES string of the molecule is CC(C)(C)c1ccc(S(=O)(=O)Nc2ccc(NCc3ccccc3)nn2)cc1. The van der Waals surface area contributed by atoms with E-state index in [-0.39, 0.29) is 16.1 Å². The summed E-state index contributed by atoms with van der Waals surface area (Å²) < 4.78 is 27.6. The predicted octanol–water partition coefficient (Wildman–Crippen LogP) is 4.19. The third kappa shape index (κ3) is 5.07. The fourth-order valence-electron chi connectivity index (χ4n) is 2.60. The van der Waals surface area contributed by atoms with Gasteiger partial charge in [0.15, 0.2) is 5.82 Å². The summed E-state index contributed by atoms with van der Waals surface area (Å²) in [7, 11) is -3.72. The van der Waals surface area contributed by atoms with Crippen LogP contribution in [0.1, 0.15) is 31.9 Å². The van der Waals surface area contributed by atoms with Gasteiger partial charge >= 0.3 is 0 Å². The minimum absolute atomic E-state index is 0.0379. The average molecular weight is 397 g/mol. The van der Waals surface area contributed by atoms with Crippen LogP contribution in [-0.4, -0.2) is 18.6 Å². The molecular weight excluding hydrogens is 372 g/mol. The van der Waals surface area contributed by atoms with Crippen LogP contribution in [0.25, 0.3) is 0 Å². The van der Waals surface area contributed by atoms with E-state index in [0.717, 1.165) is 11.1 Å². The van der Waals surface area contributed by atoms with Crippen molar-refractivity contribution in [3.63, 3.8) is 0 Å². The van der Waals surface area contributed by atoms with Gasteiger partial charge in [-0.1, -0.05) is 63.2 Å². The molecule has 146 valence electrons. The zero-order chi connectivity index (χ0) is 20.2. The molecule has 0 bridgehead atoms. The second kappa shape index (κ2) is 7.98. The van der Waals surface area contributed by atoms with E-state index in [9.17, 15) is 8.42 Å². The summed E-state index contributed by atoms with van der Waals surface area (Å²) in [6.07, 6.45) is 0. The molecule has 0 atom stereocenters. The van der Waals surface area contributed by atoms with Crippen molar-refractivity contribution >= 4 is 21.7 Å². The van der Waals surface area contributed by atoms with Gasteiger partial charge < -0.3 is 5.32 Å². The fourth-order valence-corrected chi connectivity index (χ4v) is 3.60. The lowest BCUT2D eigenvalue weighted by Crippen LogP contribution is -2.16. The van der Waals surface area contributed by atoms with Crippen LogP contribution in [0.15, 0.2) is 71.6 Å². The van der Waals surface area contributed by atoms with Crippen molar-refractivity contribution < 1.29 is 8.42 Å². The van der Waals surface area contributed by atoms with Crippen LogP contribution >= 0.6 is 0 Å². The molecule has 6 nitrogen and oxygen atoms in total. The first-order chi connectivity index (χ1) is 13.2. The maximum absolute atomic E-state index is 12.6. The molecule has 3 aromatic rings. The van der Waals surface area contributed by atoms with Crippen LogP contribution < -0.4 is 10.0 Å². The lowest BCUT2D eigenvalue weighted by Gasteiger charge is -2.19. The lowest BCUT2D eigenvalue weighted by atomic mass is 9.87. The zero-order valence-corrected chi connectivity index (χ0v) is 17.0. The molecule has 0 saturated heterocycles. The average Bonchev–Trinajstić information content (AvgIpc) is 2.67. The first-order valence-electron chi connectivity index (χ1n) is 8.99. The molecule has 0 spiro atoms. The van der Waals surface area contributed by atoms with E-state index >= 15 is 0 Å². The third-order valence-electron chi connectivity index (χ3n) is 4.25. The van der Waals surface area contributed by atoms with E-state index in [4.69, 9.17) is 0 Å². The number of sulfonamides is 1. The molecule has 2 N–H and O–H groups in total. The van der Waals surface area contributed by atoms with Gasteiger partial charge in [-0.3, -0.25) is 4.72 Å². The second-order valence-corrected chi connectivity index (χ2v) is 9.21. The molecule has 0 unspecified atom stereocenters. The molecule has 0 aliphatic heterocycles. The van der Waals surface area contributed by atoms with Crippen molar-refractivity contribution in [3.05, 3.63) is 77.9 Å². The molecule has 0 fully saturated rings. The number of benzene rings is 2. The largest absolute Gasteiger partial charge is 0.365 e. The third-order valence-corrected chi connectivity index (χ3v) is 5.62. The summed E-state index contributed by atoms with van der Waals surface area (Å²) in [5, 5.41) is 11.1. The Kier molecular flexibility index (Phi) is 5.65. The minimum atomic E-state index is -3.72. The number of nitrogens with one attached hydrogen (secondary N) is 2. The summed E-state index contributed by atoms with van der Waals surface area (Å²) in [5.74, 6) is 0.742. The minimum Gasteiger partial charge on any atom is -0.365 e. The molecule has 2 aromatic carbocycles. The van der Waals surface area contributed by atoms with Crippen LogP contribution in [0.2, 0.25) is 0 Å². The quantitative estimate of drug-likeness (QED) is 0.653. The Labute approximate surface area is 166 Å². The number of hydrogen-bond donors (Lipinski definition) is 2. The second-order valence-electron chi connectivity index (χ2n) is 7.52. The van der Waals surface area contributed by atoms with Crippen molar-refractivity contribution in [2.45, 2.75) is 37.6 Å². The highest BCUT2D eigenvalue weighted by atomic mass is 32.2. The van der Waals surface area contributed by atoms with Crippen LogP contribution in [0.4, 0.5) is 11.6 Å². The van der Waals surface area contributed by atoms with Crippen molar-refractivity contribution in [1.29, 1.82) is 0 Å². The molecule has 0 radical (unpaired) electrons. The highest BCUT2D eigenvalue weighted by Crippen LogP contribution is 2.24. The first-order valence-corrected chi connectivity index (χ1v) is 10.5. The Morgan fingerprint density at radius 2 is 1.43 bits per heavy atom. The highest BCUT2D eigenvalue weighted by molar-refractivity contribution is 7.92. The van der Waals surface area contributed by atoms with E-state index in [1.54, 1.807) is 24.3 Å². The van der Waals surface area contributed by atoms with E-state index < -0.39 is 10.0 Å². The topological polar surface area (TPSA) is 84.0 Å². The van der Waals surface area contributed by atoms with Crippen molar-refractivity contribution in [2.24, 2.45) is 0 Å². The Hall–Kier alpha value is -2.93. The molecule has 28 heavy (non-hydrogen) atoms. The molecule has 0 saturated carbocycles. The predicted molar refractivity (Wildman–Crippen MR) is 112 cm³/mol. The van der Waals surface area contributed by atoms with Crippen LogP contribution in [0, 0.1) is 0 Å². The smallest absolute Gasteiger partial charge is 0.263 e. The van der Waals surface area contributed by atoms with Crippen LogP contribution in [0.3, 0.4) is 0 Å². The summed E-state index contributed by atoms with van der Waals surface area (Å²) in [6.45, 7) is 6.86. The molecule has 1 heterocycles. The number of hydrogen-bond acceptors (Lipinski definition) is 5. The number of rotatable bonds is 6. The van der Waals surface area contributed by atoms with Gasteiger partial charge in [-0.2, -0.15) is 0 Å². The molecule has 7 heteroatoms. The van der Waals surface area contributed by atoms with Crippen LogP contribution in [0.5, 0.6) is 0 Å². The van der Waals surface area contributed by atoms with Gasteiger partial charge in [-0.15, -0.1) is 10.2 Å². The van der Waals surface area contributed by atoms with Crippen molar-refractivity contribution in [3.8, 4) is 0 Å². The summed E-state index contributed by atoms with van der Waals surface area (Å²) in [5.41, 5.74) is 2.15. The van der Waals surface area contributed by atoms with Gasteiger partial charge in [0.1, 0.15) is 5.82 Å². The Bertz CT molecular complexity index is 1010. The van der Waals surface area contributed by atoms with Gasteiger partial charge in [0, 0.05) is 6.54 Å². The van der Waals surface area contributed by atoms with Crippen molar-refractivity contribution in [1.82, 2.24) is 10.2 Å². The molecule has 0 aliphatic rings. The normalized spacial score (nSPS) is 11.8. The molecule has 1 aromatic heterocycles. The zero-order valence-electron chi connectivity index (χ0n) is 16.2. The van der Waals surface area contributed by atoms with Gasteiger partial charge in [-0.25, -0.2) is 8.42 Å². The van der Waals surface area contributed by atoms with Crippen LogP contribution in [-0.2, 0) is 22.0 Å². The van der Waals surface area contributed by atoms with E-state index in [2.05, 4.69) is 41.0 Å². The molecule has 0 aliphatic carbocycles. The maximum Gasteiger partial charge on any atom is 0.263 e. The Morgan fingerprint density at radius 1 is 0.821 bits per heavy atom. The fraction of sp³-hybridized carbons (Fsp3) is 0.238. The first kappa shape index (κ1) is 19.8. The summed E-state index contributed by atoms with van der Waals surface area (Å²) in [6, 6.07) is 20.1. The number of nitrogens with zero attached hydrogens (tertiary/aromatic N) is 2. The molecular formula is C21H24N4O2S. The standard InChI is InChI=1S/C21H24N4O2S/c1-21(2,3)17-9-11-18(12-10-17)28(26,27)25-20-14-13-19(23-24-20)22-15-16-7-5-4-6-8-16/h4-14H,15H2,1-3H3,(H,22,23)(H,24,25). The van der Waals surface area contributed by atoms with E-state index in [0.29, 0.717) is 12.4 Å². The van der Waals surface area contributed by atoms with E-state index in [1.807, 2.05) is 42.5 Å². The number of aromatic nitrogens is 2. The van der Waals surface area contributed by atoms with Crippen molar-refractivity contribution in [2.75, 3.05) is 10.0 Å². The monoisotopic (exact) mass is 396 g/mol. The van der Waals surface area contributed by atoms with Gasteiger partial charge in [0.2, 0.25) is 0 Å². The maximum atomic E-state index is 12.6. The Morgan fingerprint density at radius 3 is 2.00 bits per heavy atom. The molecule has 3 rings (SSSR count). The van der Waals surface area contributed by atoms with Gasteiger partial charge in [-0.05, 0) is 40.8 Å². The molecule has 0 amide bonds. The van der Waals surface area contributed by atoms with Gasteiger partial charge in [0.05, 0.1) is 4.90 Å². The summed E-state index contributed by atoms with van der Waals surface area (Å²) >= 11 is 0. The summed E-state index contributed by atoms with van der Waals surface area (Å²) in [4.78, 5) is 0.188. The Balaban J connectivity index is 1.65. The lowest BCUT2D eigenvalue weighted by molar-refractivity contribution is 0.587.